The fourth-order valence-corrected chi connectivity index (χ4v) is 6.01. The van der Waals surface area contributed by atoms with Gasteiger partial charge in [0.05, 0.1) is 6.10 Å². The van der Waals surface area contributed by atoms with Crippen molar-refractivity contribution in [2.45, 2.75) is 69.2 Å². The van der Waals surface area contributed by atoms with E-state index in [1.54, 1.807) is 0 Å². The molecule has 33 heavy (non-hydrogen) atoms. The van der Waals surface area contributed by atoms with Gasteiger partial charge in [-0.1, -0.05) is 84.4 Å². The first kappa shape index (κ1) is 22.7. The Balaban J connectivity index is 1.20. The Labute approximate surface area is 203 Å². The zero-order valence-corrected chi connectivity index (χ0v) is 20.0. The summed E-state index contributed by atoms with van der Waals surface area (Å²) in [4.78, 5) is 2.79. The standard InChI is InChI=1S/C30H34ClNO/c31-26-16-9-15-25(20-26)30(24-13-5-2-6-14-24)33-29-21-27-17-18-28(22-29)32(27)19-8-7-12-23-10-3-1-4-11-23/h1-6,9-11,13-16,20,27-30H,7-8,12,17-19,21-22H2/t27-,28+,29?,30?. The van der Waals surface area contributed by atoms with Gasteiger partial charge >= 0.3 is 0 Å². The molecule has 4 atom stereocenters. The van der Waals surface area contributed by atoms with Gasteiger partial charge in [-0.15, -0.1) is 0 Å². The van der Waals surface area contributed by atoms with E-state index in [1.165, 1.54) is 49.8 Å². The van der Waals surface area contributed by atoms with Crippen LogP contribution in [-0.2, 0) is 11.2 Å². The third-order valence-electron chi connectivity index (χ3n) is 7.40. The largest absolute Gasteiger partial charge is 0.365 e. The molecule has 5 rings (SSSR count). The van der Waals surface area contributed by atoms with E-state index < -0.39 is 0 Å². The summed E-state index contributed by atoms with van der Waals surface area (Å²) in [5.41, 5.74) is 3.81. The summed E-state index contributed by atoms with van der Waals surface area (Å²) in [5.74, 6) is 0. The molecule has 0 spiro atoms. The average molecular weight is 460 g/mol. The predicted octanol–water partition coefficient (Wildman–Crippen LogP) is 7.46. The number of hydrogen-bond donors (Lipinski definition) is 0. The molecule has 2 aliphatic rings. The van der Waals surface area contributed by atoms with Crippen LogP contribution in [0.1, 0.15) is 61.3 Å². The summed E-state index contributed by atoms with van der Waals surface area (Å²) in [6.07, 6.45) is 8.88. The molecule has 3 aromatic carbocycles. The second-order valence-corrected chi connectivity index (χ2v) is 10.1. The maximum atomic E-state index is 6.85. The highest BCUT2D eigenvalue weighted by Crippen LogP contribution is 2.40. The molecule has 2 bridgehead atoms. The summed E-state index contributed by atoms with van der Waals surface area (Å²) in [5, 5.41) is 0.766. The lowest BCUT2D eigenvalue weighted by atomic mass is 9.96. The highest BCUT2D eigenvalue weighted by atomic mass is 35.5. The Morgan fingerprint density at radius 1 is 0.788 bits per heavy atom. The fraction of sp³-hybridized carbons (Fsp3) is 0.400. The molecule has 0 saturated carbocycles. The molecule has 0 amide bonds. The minimum atomic E-state index is -0.0632. The lowest BCUT2D eigenvalue weighted by molar-refractivity contribution is -0.0483. The summed E-state index contributed by atoms with van der Waals surface area (Å²) >= 11 is 6.33. The van der Waals surface area contributed by atoms with E-state index >= 15 is 0 Å². The van der Waals surface area contributed by atoms with Crippen LogP contribution in [-0.4, -0.2) is 29.6 Å². The van der Waals surface area contributed by atoms with Crippen molar-refractivity contribution >= 4 is 11.6 Å². The number of aryl methyl sites for hydroxylation is 1. The van der Waals surface area contributed by atoms with Gasteiger partial charge in [-0.25, -0.2) is 0 Å². The molecular weight excluding hydrogens is 426 g/mol. The van der Waals surface area contributed by atoms with Gasteiger partial charge in [-0.3, -0.25) is 4.90 Å². The van der Waals surface area contributed by atoms with Crippen molar-refractivity contribution in [2.24, 2.45) is 0 Å². The van der Waals surface area contributed by atoms with E-state index in [0.29, 0.717) is 18.2 Å². The molecular formula is C30H34ClNO. The first-order valence-electron chi connectivity index (χ1n) is 12.5. The normalized spacial score (nSPS) is 23.5. The molecule has 2 unspecified atom stereocenters. The van der Waals surface area contributed by atoms with Crippen LogP contribution in [0.4, 0.5) is 0 Å². The predicted molar refractivity (Wildman–Crippen MR) is 137 cm³/mol. The van der Waals surface area contributed by atoms with Crippen LogP contribution in [0.5, 0.6) is 0 Å². The van der Waals surface area contributed by atoms with Crippen molar-refractivity contribution in [1.82, 2.24) is 4.90 Å². The summed E-state index contributed by atoms with van der Waals surface area (Å²) in [6, 6.07) is 31.0. The van der Waals surface area contributed by atoms with E-state index in [9.17, 15) is 0 Å². The van der Waals surface area contributed by atoms with E-state index in [1.807, 2.05) is 12.1 Å². The SMILES string of the molecule is Clc1cccc(C(OC2C[C@H]3CC[C@@H](C2)N3CCCCc2ccccc2)c2ccccc2)c1. The van der Waals surface area contributed by atoms with Gasteiger partial charge in [-0.2, -0.15) is 0 Å². The van der Waals surface area contributed by atoms with Crippen LogP contribution in [0.25, 0.3) is 0 Å². The fourth-order valence-electron chi connectivity index (χ4n) is 5.81. The minimum absolute atomic E-state index is 0.0632. The number of rotatable bonds is 9. The van der Waals surface area contributed by atoms with Crippen LogP contribution in [0, 0.1) is 0 Å². The molecule has 2 fully saturated rings. The maximum absolute atomic E-state index is 6.85. The summed E-state index contributed by atoms with van der Waals surface area (Å²) < 4.78 is 6.85. The topological polar surface area (TPSA) is 12.5 Å². The zero-order valence-electron chi connectivity index (χ0n) is 19.3. The lowest BCUT2D eigenvalue weighted by Crippen LogP contribution is -2.46. The van der Waals surface area contributed by atoms with Crippen molar-refractivity contribution < 1.29 is 4.74 Å². The monoisotopic (exact) mass is 459 g/mol. The number of hydrogen-bond acceptors (Lipinski definition) is 2. The Kier molecular flexibility index (Phi) is 7.46. The Bertz CT molecular complexity index is 994. The third kappa shape index (κ3) is 5.69. The number of fused-ring (bicyclic) bond motifs is 2. The second kappa shape index (κ2) is 10.9. The van der Waals surface area contributed by atoms with Crippen molar-refractivity contribution in [3.05, 3.63) is 107 Å². The van der Waals surface area contributed by atoms with Gasteiger partial charge in [0.15, 0.2) is 0 Å². The summed E-state index contributed by atoms with van der Waals surface area (Å²) in [6.45, 7) is 1.23. The lowest BCUT2D eigenvalue weighted by Gasteiger charge is -2.40. The van der Waals surface area contributed by atoms with E-state index in [0.717, 1.165) is 23.4 Å². The molecule has 0 aromatic heterocycles. The van der Waals surface area contributed by atoms with Gasteiger partial charge in [0.1, 0.15) is 6.10 Å². The number of unbranched alkanes of at least 4 members (excludes halogenated alkanes) is 1. The highest BCUT2D eigenvalue weighted by molar-refractivity contribution is 6.30. The van der Waals surface area contributed by atoms with E-state index in [-0.39, 0.29) is 6.10 Å². The number of halogens is 1. The molecule has 2 aliphatic heterocycles. The smallest absolute Gasteiger partial charge is 0.108 e. The van der Waals surface area contributed by atoms with Crippen molar-refractivity contribution in [1.29, 1.82) is 0 Å². The number of ether oxygens (including phenoxy) is 1. The Morgan fingerprint density at radius 3 is 2.15 bits per heavy atom. The second-order valence-electron chi connectivity index (χ2n) is 9.64. The molecule has 2 saturated heterocycles. The van der Waals surface area contributed by atoms with Crippen LogP contribution in [0.3, 0.4) is 0 Å². The molecule has 0 radical (unpaired) electrons. The van der Waals surface area contributed by atoms with Gasteiger partial charge in [-0.05, 0) is 80.3 Å². The van der Waals surface area contributed by atoms with E-state index in [4.69, 9.17) is 16.3 Å². The number of piperidine rings is 1. The first-order valence-corrected chi connectivity index (χ1v) is 12.9. The quantitative estimate of drug-likeness (QED) is 0.308. The number of nitrogens with zero attached hydrogens (tertiary/aromatic N) is 1. The van der Waals surface area contributed by atoms with Crippen LogP contribution in [0.2, 0.25) is 5.02 Å². The molecule has 0 N–H and O–H groups in total. The van der Waals surface area contributed by atoms with Crippen LogP contribution in [0.15, 0.2) is 84.9 Å². The van der Waals surface area contributed by atoms with Crippen molar-refractivity contribution in [3.63, 3.8) is 0 Å². The van der Waals surface area contributed by atoms with Gasteiger partial charge < -0.3 is 4.74 Å². The van der Waals surface area contributed by atoms with Gasteiger partial charge in [0.25, 0.3) is 0 Å². The molecule has 3 aromatic rings. The van der Waals surface area contributed by atoms with Crippen molar-refractivity contribution in [3.8, 4) is 0 Å². The molecule has 3 heteroatoms. The Morgan fingerprint density at radius 2 is 1.45 bits per heavy atom. The zero-order chi connectivity index (χ0) is 22.5. The molecule has 2 nitrogen and oxygen atoms in total. The van der Waals surface area contributed by atoms with Gasteiger partial charge in [0, 0.05) is 17.1 Å². The van der Waals surface area contributed by atoms with Crippen LogP contribution >= 0.6 is 11.6 Å². The highest BCUT2D eigenvalue weighted by Gasteiger charge is 2.41. The maximum Gasteiger partial charge on any atom is 0.108 e. The summed E-state index contributed by atoms with van der Waals surface area (Å²) in [7, 11) is 0. The van der Waals surface area contributed by atoms with Crippen LogP contribution < -0.4 is 0 Å². The average Bonchev–Trinajstić information content (AvgIpc) is 3.09. The Hall–Kier alpha value is -2.13. The minimum Gasteiger partial charge on any atom is -0.365 e. The van der Waals surface area contributed by atoms with Gasteiger partial charge in [0.2, 0.25) is 0 Å². The first-order chi connectivity index (χ1) is 16.3. The molecule has 172 valence electrons. The number of benzene rings is 3. The van der Waals surface area contributed by atoms with E-state index in [2.05, 4.69) is 77.7 Å². The molecule has 0 aliphatic carbocycles. The third-order valence-corrected chi connectivity index (χ3v) is 7.63. The molecule has 2 heterocycles. The van der Waals surface area contributed by atoms with Crippen molar-refractivity contribution in [2.75, 3.05) is 6.54 Å².